The Morgan fingerprint density at radius 1 is 1.17 bits per heavy atom. The first-order chi connectivity index (χ1) is 13.9. The molecule has 0 radical (unpaired) electrons. The summed E-state index contributed by atoms with van der Waals surface area (Å²) in [6.45, 7) is 7.42. The van der Waals surface area contributed by atoms with E-state index in [2.05, 4.69) is 44.6 Å². The number of fused-ring (bicyclic) bond motifs is 1. The maximum atomic E-state index is 12.0. The van der Waals surface area contributed by atoms with Gasteiger partial charge in [-0.25, -0.2) is 4.98 Å². The average Bonchev–Trinajstić information content (AvgIpc) is 2.66. The zero-order valence-corrected chi connectivity index (χ0v) is 16.7. The summed E-state index contributed by atoms with van der Waals surface area (Å²) in [4.78, 5) is 31.4. The van der Waals surface area contributed by atoms with E-state index < -0.39 is 0 Å². The number of nitrogen functional groups attached to an aromatic ring is 1. The summed E-state index contributed by atoms with van der Waals surface area (Å²) in [5.74, 6) is 1.92. The SMILES string of the molecule is Cc1ccc2nc(N3CCNC(=O)C3)c([C@H](C)Nc3nc(C)nc(N)n3)cc2c1. The van der Waals surface area contributed by atoms with Crippen LogP contribution in [-0.2, 0) is 4.79 Å². The van der Waals surface area contributed by atoms with Crippen molar-refractivity contribution in [2.24, 2.45) is 0 Å². The first-order valence-corrected chi connectivity index (χ1v) is 9.56. The molecule has 1 atom stereocenters. The van der Waals surface area contributed by atoms with Crippen LogP contribution in [0.15, 0.2) is 24.3 Å². The molecule has 1 amide bonds. The quantitative estimate of drug-likeness (QED) is 0.614. The molecule has 2 aromatic heterocycles. The van der Waals surface area contributed by atoms with Crippen LogP contribution in [0.5, 0.6) is 0 Å². The van der Waals surface area contributed by atoms with Crippen molar-refractivity contribution >= 4 is 34.5 Å². The summed E-state index contributed by atoms with van der Waals surface area (Å²) in [6, 6.07) is 8.12. The first kappa shape index (κ1) is 18.9. The molecule has 29 heavy (non-hydrogen) atoms. The zero-order valence-electron chi connectivity index (χ0n) is 16.7. The second-order valence-electron chi connectivity index (χ2n) is 7.30. The Balaban J connectivity index is 1.77. The van der Waals surface area contributed by atoms with Crippen molar-refractivity contribution in [1.82, 2.24) is 25.3 Å². The first-order valence-electron chi connectivity index (χ1n) is 9.56. The summed E-state index contributed by atoms with van der Waals surface area (Å²) >= 11 is 0. The molecule has 150 valence electrons. The molecule has 3 aromatic rings. The van der Waals surface area contributed by atoms with Crippen LogP contribution in [-0.4, -0.2) is 45.5 Å². The molecule has 3 heterocycles. The zero-order chi connectivity index (χ0) is 20.5. The fourth-order valence-electron chi connectivity index (χ4n) is 3.53. The second-order valence-corrected chi connectivity index (χ2v) is 7.30. The molecular weight excluding hydrogens is 368 g/mol. The predicted octanol–water partition coefficient (Wildman–Crippen LogP) is 1.73. The van der Waals surface area contributed by atoms with Crippen LogP contribution >= 0.6 is 0 Å². The van der Waals surface area contributed by atoms with Crippen LogP contribution in [0.2, 0.25) is 0 Å². The highest BCUT2D eigenvalue weighted by Crippen LogP contribution is 2.31. The third-order valence-corrected chi connectivity index (χ3v) is 4.89. The molecule has 1 aliphatic rings. The van der Waals surface area contributed by atoms with E-state index in [-0.39, 0.29) is 24.4 Å². The number of aromatic nitrogens is 4. The van der Waals surface area contributed by atoms with Crippen molar-refractivity contribution in [1.29, 1.82) is 0 Å². The van der Waals surface area contributed by atoms with Crippen molar-refractivity contribution in [3.05, 3.63) is 41.2 Å². The van der Waals surface area contributed by atoms with Gasteiger partial charge in [-0.3, -0.25) is 4.79 Å². The standard InChI is InChI=1S/C20H24N8O/c1-11-4-5-16-14(8-11)9-15(18(26-16)28-7-6-22-17(29)10-28)12(2)23-20-25-13(3)24-19(21)27-20/h4-5,8-9,12H,6-7,10H2,1-3H3,(H,22,29)(H3,21,23,24,25,27)/t12-/m0/s1. The van der Waals surface area contributed by atoms with Gasteiger partial charge in [0.2, 0.25) is 17.8 Å². The molecule has 1 aromatic carbocycles. The van der Waals surface area contributed by atoms with Crippen molar-refractivity contribution in [2.45, 2.75) is 26.8 Å². The Labute approximate surface area is 168 Å². The lowest BCUT2D eigenvalue weighted by molar-refractivity contribution is -0.120. The summed E-state index contributed by atoms with van der Waals surface area (Å²) in [6.07, 6.45) is 0. The van der Waals surface area contributed by atoms with Gasteiger partial charge >= 0.3 is 0 Å². The summed E-state index contributed by atoms with van der Waals surface area (Å²) in [5, 5.41) is 7.21. The van der Waals surface area contributed by atoms with Crippen LogP contribution in [0.4, 0.5) is 17.7 Å². The topological polar surface area (TPSA) is 122 Å². The number of hydrogen-bond acceptors (Lipinski definition) is 8. The Morgan fingerprint density at radius 3 is 2.76 bits per heavy atom. The van der Waals surface area contributed by atoms with Crippen LogP contribution in [0, 0.1) is 13.8 Å². The van der Waals surface area contributed by atoms with Gasteiger partial charge in [0.15, 0.2) is 0 Å². The van der Waals surface area contributed by atoms with E-state index in [4.69, 9.17) is 10.7 Å². The van der Waals surface area contributed by atoms with Gasteiger partial charge in [0.05, 0.1) is 18.1 Å². The lowest BCUT2D eigenvalue weighted by Gasteiger charge is -2.31. The number of rotatable bonds is 4. The molecule has 0 unspecified atom stereocenters. The molecule has 1 saturated heterocycles. The predicted molar refractivity (Wildman–Crippen MR) is 113 cm³/mol. The summed E-state index contributed by atoms with van der Waals surface area (Å²) in [7, 11) is 0. The second kappa shape index (κ2) is 7.50. The Bertz CT molecular complexity index is 1060. The van der Waals surface area contributed by atoms with E-state index in [0.29, 0.717) is 24.9 Å². The van der Waals surface area contributed by atoms with Crippen molar-refractivity contribution in [2.75, 3.05) is 35.6 Å². The van der Waals surface area contributed by atoms with Gasteiger partial charge < -0.3 is 21.3 Å². The van der Waals surface area contributed by atoms with Crippen LogP contribution < -0.4 is 21.3 Å². The largest absolute Gasteiger partial charge is 0.368 e. The van der Waals surface area contributed by atoms with E-state index in [1.807, 2.05) is 24.0 Å². The average molecular weight is 392 g/mol. The molecule has 4 rings (SSSR count). The number of nitrogens with two attached hydrogens (primary N) is 1. The number of carbonyl (C=O) groups is 1. The third-order valence-electron chi connectivity index (χ3n) is 4.89. The molecule has 0 saturated carbocycles. The molecule has 9 nitrogen and oxygen atoms in total. The number of nitrogens with zero attached hydrogens (tertiary/aromatic N) is 5. The molecular formula is C20H24N8O. The van der Waals surface area contributed by atoms with Gasteiger partial charge in [0.1, 0.15) is 11.6 Å². The van der Waals surface area contributed by atoms with Crippen molar-refractivity contribution in [3.8, 4) is 0 Å². The van der Waals surface area contributed by atoms with Gasteiger partial charge in [-0.15, -0.1) is 0 Å². The molecule has 1 aliphatic heterocycles. The molecule has 0 spiro atoms. The minimum Gasteiger partial charge on any atom is -0.368 e. The van der Waals surface area contributed by atoms with E-state index in [1.54, 1.807) is 6.92 Å². The number of hydrogen-bond donors (Lipinski definition) is 3. The van der Waals surface area contributed by atoms with Gasteiger partial charge in [-0.2, -0.15) is 15.0 Å². The third kappa shape index (κ3) is 4.03. The number of carbonyl (C=O) groups excluding carboxylic acids is 1. The van der Waals surface area contributed by atoms with Crippen LogP contribution in [0.1, 0.15) is 29.9 Å². The minimum atomic E-state index is -0.159. The lowest BCUT2D eigenvalue weighted by atomic mass is 10.0. The molecule has 4 N–H and O–H groups in total. The number of piperazine rings is 1. The number of pyridine rings is 1. The highest BCUT2D eigenvalue weighted by molar-refractivity contribution is 5.86. The Morgan fingerprint density at radius 2 is 2.00 bits per heavy atom. The number of benzene rings is 1. The van der Waals surface area contributed by atoms with E-state index in [1.165, 1.54) is 0 Å². The Hall–Kier alpha value is -3.49. The van der Waals surface area contributed by atoms with Crippen molar-refractivity contribution in [3.63, 3.8) is 0 Å². The molecule has 9 heteroatoms. The fraction of sp³-hybridized carbons (Fsp3) is 0.350. The minimum absolute atomic E-state index is 0.00511. The van der Waals surface area contributed by atoms with Gasteiger partial charge in [0.25, 0.3) is 0 Å². The lowest BCUT2D eigenvalue weighted by Crippen LogP contribution is -2.48. The van der Waals surface area contributed by atoms with E-state index in [9.17, 15) is 4.79 Å². The van der Waals surface area contributed by atoms with Gasteiger partial charge in [-0.05, 0) is 39.0 Å². The number of aryl methyl sites for hydroxylation is 2. The molecule has 0 aliphatic carbocycles. The normalized spacial score (nSPS) is 15.3. The van der Waals surface area contributed by atoms with E-state index >= 15 is 0 Å². The summed E-state index contributed by atoms with van der Waals surface area (Å²) < 4.78 is 0. The molecule has 1 fully saturated rings. The maximum absolute atomic E-state index is 12.0. The molecule has 0 bridgehead atoms. The van der Waals surface area contributed by atoms with Gasteiger partial charge in [0, 0.05) is 24.0 Å². The van der Waals surface area contributed by atoms with E-state index in [0.717, 1.165) is 27.8 Å². The summed E-state index contributed by atoms with van der Waals surface area (Å²) in [5.41, 5.74) is 8.79. The highest BCUT2D eigenvalue weighted by Gasteiger charge is 2.23. The van der Waals surface area contributed by atoms with Gasteiger partial charge in [-0.1, -0.05) is 11.6 Å². The highest BCUT2D eigenvalue weighted by atomic mass is 16.2. The smallest absolute Gasteiger partial charge is 0.239 e. The fourth-order valence-corrected chi connectivity index (χ4v) is 3.53. The Kier molecular flexibility index (Phi) is 4.87. The number of amides is 1. The maximum Gasteiger partial charge on any atom is 0.239 e. The van der Waals surface area contributed by atoms with Crippen LogP contribution in [0.3, 0.4) is 0 Å². The van der Waals surface area contributed by atoms with Crippen LogP contribution in [0.25, 0.3) is 10.9 Å². The van der Waals surface area contributed by atoms with Crippen molar-refractivity contribution < 1.29 is 4.79 Å². The number of nitrogens with one attached hydrogen (secondary N) is 2. The number of anilines is 3. The monoisotopic (exact) mass is 392 g/mol.